The molecule has 1 heterocycles. The Hall–Kier alpha value is -2.14. The number of nitrogens with one attached hydrogen (secondary N) is 2. The van der Waals surface area contributed by atoms with Crippen molar-refractivity contribution in [2.24, 2.45) is 11.8 Å². The number of benzene rings is 1. The fraction of sp³-hybridized carbons (Fsp3) is 0.333. The van der Waals surface area contributed by atoms with Crippen LogP contribution in [0.1, 0.15) is 12.5 Å². The van der Waals surface area contributed by atoms with Gasteiger partial charge in [-0.15, -0.1) is 5.10 Å². The molecule has 25 heavy (non-hydrogen) atoms. The summed E-state index contributed by atoms with van der Waals surface area (Å²) in [6.45, 7) is 1.93. The summed E-state index contributed by atoms with van der Waals surface area (Å²) in [6.07, 6.45) is -0.689. The summed E-state index contributed by atoms with van der Waals surface area (Å²) < 4.78 is 6.14. The van der Waals surface area contributed by atoms with E-state index < -0.39 is 23.8 Å². The van der Waals surface area contributed by atoms with E-state index >= 15 is 0 Å². The van der Waals surface area contributed by atoms with Gasteiger partial charge in [0.25, 0.3) is 5.91 Å². The number of hydrogen-bond donors (Lipinski definition) is 3. The van der Waals surface area contributed by atoms with Crippen LogP contribution < -0.4 is 11.2 Å². The average Bonchev–Trinajstić information content (AvgIpc) is 2.98. The van der Waals surface area contributed by atoms with Crippen LogP contribution in [0.25, 0.3) is 0 Å². The highest BCUT2D eigenvalue weighted by Gasteiger charge is 2.35. The molecule has 0 radical (unpaired) electrons. The van der Waals surface area contributed by atoms with Crippen LogP contribution >= 0.6 is 23.6 Å². The zero-order valence-electron chi connectivity index (χ0n) is 13.8. The molecule has 10 heteroatoms. The van der Waals surface area contributed by atoms with Crippen molar-refractivity contribution < 1.29 is 14.3 Å². The molecule has 0 bridgehead atoms. The molecule has 0 aliphatic carbocycles. The summed E-state index contributed by atoms with van der Waals surface area (Å²) in [5.74, 6) is 3.30. The molecule has 1 aromatic heterocycles. The number of H-pyrrole nitrogens is 1. The standard InChI is InChI=1S/C15H19N5O3S2/c1-9(23-8-10-6-4-3-5-7-10)11(13(22)20(2)16)12(21)17-14-18-19-15(24)25-14/h3-7,9,11H,8,16H2,1-2H3,(H,19,24)(H,17,18,21)/t9?,11-/m0/s1. The van der Waals surface area contributed by atoms with Crippen LogP contribution in [0.15, 0.2) is 30.3 Å². The molecule has 4 N–H and O–H groups in total. The molecule has 1 aromatic carbocycles. The van der Waals surface area contributed by atoms with Crippen molar-refractivity contribution in [2.75, 3.05) is 12.4 Å². The average molecular weight is 381 g/mol. The van der Waals surface area contributed by atoms with E-state index in [-0.39, 0.29) is 11.7 Å². The highest BCUT2D eigenvalue weighted by Crippen LogP contribution is 2.17. The number of aromatic amines is 1. The highest BCUT2D eigenvalue weighted by molar-refractivity contribution is 7.73. The van der Waals surface area contributed by atoms with Gasteiger partial charge in [0.2, 0.25) is 11.0 Å². The molecular formula is C15H19N5O3S2. The Labute approximate surface area is 154 Å². The number of amides is 2. The molecule has 2 aromatic rings. The number of anilines is 1. The molecule has 0 saturated heterocycles. The summed E-state index contributed by atoms with van der Waals surface area (Å²) >= 11 is 6.02. The van der Waals surface area contributed by atoms with Crippen LogP contribution in [-0.4, -0.2) is 40.2 Å². The molecule has 0 aliphatic heterocycles. The van der Waals surface area contributed by atoms with Crippen LogP contribution in [-0.2, 0) is 20.9 Å². The van der Waals surface area contributed by atoms with Gasteiger partial charge < -0.3 is 4.74 Å². The quantitative estimate of drug-likeness (QED) is 0.221. The lowest BCUT2D eigenvalue weighted by molar-refractivity contribution is -0.146. The molecule has 1 unspecified atom stereocenters. The predicted molar refractivity (Wildman–Crippen MR) is 97.1 cm³/mol. The van der Waals surface area contributed by atoms with Crippen molar-refractivity contribution in [3.8, 4) is 0 Å². The predicted octanol–water partition coefficient (Wildman–Crippen LogP) is 1.69. The summed E-state index contributed by atoms with van der Waals surface area (Å²) in [5, 5.41) is 10.1. The normalized spacial score (nSPS) is 13.1. The van der Waals surface area contributed by atoms with Crippen LogP contribution in [0.4, 0.5) is 5.13 Å². The maximum atomic E-state index is 12.5. The maximum Gasteiger partial charge on any atom is 0.251 e. The lowest BCUT2D eigenvalue weighted by Gasteiger charge is -2.24. The van der Waals surface area contributed by atoms with Gasteiger partial charge in [-0.3, -0.25) is 25.0 Å². The summed E-state index contributed by atoms with van der Waals surface area (Å²) in [4.78, 5) is 24.9. The van der Waals surface area contributed by atoms with Crippen LogP contribution in [0.3, 0.4) is 0 Å². The number of aromatic nitrogens is 2. The topological polar surface area (TPSA) is 113 Å². The Balaban J connectivity index is 2.09. The fourth-order valence-corrected chi connectivity index (χ4v) is 2.90. The van der Waals surface area contributed by atoms with Gasteiger partial charge in [0, 0.05) is 7.05 Å². The van der Waals surface area contributed by atoms with Gasteiger partial charge in [0.1, 0.15) is 5.92 Å². The van der Waals surface area contributed by atoms with E-state index in [0.29, 0.717) is 3.95 Å². The third-order valence-electron chi connectivity index (χ3n) is 3.39. The first kappa shape index (κ1) is 19.2. The van der Waals surface area contributed by atoms with Gasteiger partial charge in [-0.2, -0.15) is 0 Å². The second-order valence-corrected chi connectivity index (χ2v) is 7.00. The number of hydrazine groups is 1. The van der Waals surface area contributed by atoms with E-state index in [1.54, 1.807) is 6.92 Å². The third kappa shape index (κ3) is 5.43. The van der Waals surface area contributed by atoms with Gasteiger partial charge >= 0.3 is 0 Å². The van der Waals surface area contributed by atoms with E-state index in [9.17, 15) is 9.59 Å². The van der Waals surface area contributed by atoms with Gasteiger partial charge in [-0.1, -0.05) is 41.7 Å². The number of ether oxygens (including phenoxy) is 1. The molecule has 134 valence electrons. The lowest BCUT2D eigenvalue weighted by Crippen LogP contribution is -2.47. The molecule has 0 saturated carbocycles. The Morgan fingerprint density at radius 3 is 2.68 bits per heavy atom. The Kier molecular flexibility index (Phi) is 6.76. The van der Waals surface area contributed by atoms with Crippen LogP contribution in [0.2, 0.25) is 0 Å². The maximum absolute atomic E-state index is 12.5. The highest BCUT2D eigenvalue weighted by atomic mass is 32.1. The minimum Gasteiger partial charge on any atom is -0.372 e. The van der Waals surface area contributed by atoms with E-state index in [2.05, 4.69) is 15.5 Å². The summed E-state index contributed by atoms with van der Waals surface area (Å²) in [5.41, 5.74) is 0.937. The van der Waals surface area contributed by atoms with E-state index in [1.165, 1.54) is 7.05 Å². The molecule has 8 nitrogen and oxygen atoms in total. The number of carbonyl (C=O) groups is 2. The van der Waals surface area contributed by atoms with Gasteiger partial charge in [-0.25, -0.2) is 5.84 Å². The first-order valence-electron chi connectivity index (χ1n) is 7.42. The van der Waals surface area contributed by atoms with Crippen molar-refractivity contribution in [1.82, 2.24) is 15.2 Å². The first-order valence-corrected chi connectivity index (χ1v) is 8.65. The van der Waals surface area contributed by atoms with Gasteiger partial charge in [0.05, 0.1) is 12.7 Å². The van der Waals surface area contributed by atoms with Crippen molar-refractivity contribution in [3.05, 3.63) is 39.8 Å². The van der Waals surface area contributed by atoms with E-state index in [0.717, 1.165) is 21.9 Å². The number of nitrogens with zero attached hydrogens (tertiary/aromatic N) is 2. The number of nitrogens with two attached hydrogens (primary N) is 1. The lowest BCUT2D eigenvalue weighted by atomic mass is 10.0. The molecule has 2 amide bonds. The smallest absolute Gasteiger partial charge is 0.251 e. The summed E-state index contributed by atoms with van der Waals surface area (Å²) in [7, 11) is 1.38. The molecular weight excluding hydrogens is 362 g/mol. The van der Waals surface area contributed by atoms with E-state index in [4.69, 9.17) is 22.8 Å². The van der Waals surface area contributed by atoms with Crippen LogP contribution in [0.5, 0.6) is 0 Å². The Morgan fingerprint density at radius 1 is 1.44 bits per heavy atom. The number of hydrogen-bond acceptors (Lipinski definition) is 7. The second kappa shape index (κ2) is 8.81. The fourth-order valence-electron chi connectivity index (χ4n) is 2.11. The SMILES string of the molecule is CC(OCc1ccccc1)[C@@H](C(=O)Nc1n[nH]c(=S)s1)C(=O)N(C)N. The molecule has 2 rings (SSSR count). The van der Waals surface area contributed by atoms with Gasteiger partial charge in [-0.05, 0) is 24.7 Å². The third-order valence-corrected chi connectivity index (χ3v) is 4.39. The first-order chi connectivity index (χ1) is 11.9. The van der Waals surface area contributed by atoms with Crippen molar-refractivity contribution in [3.63, 3.8) is 0 Å². The van der Waals surface area contributed by atoms with Crippen molar-refractivity contribution in [1.29, 1.82) is 0 Å². The zero-order valence-corrected chi connectivity index (χ0v) is 15.4. The van der Waals surface area contributed by atoms with Crippen molar-refractivity contribution >= 4 is 40.5 Å². The Morgan fingerprint density at radius 2 is 2.12 bits per heavy atom. The molecule has 0 spiro atoms. The minimum atomic E-state index is -1.11. The van der Waals surface area contributed by atoms with Gasteiger partial charge in [0.15, 0.2) is 3.95 Å². The number of rotatable bonds is 7. The van der Waals surface area contributed by atoms with Crippen LogP contribution in [0, 0.1) is 9.87 Å². The monoisotopic (exact) mass is 381 g/mol. The summed E-state index contributed by atoms with van der Waals surface area (Å²) in [6, 6.07) is 9.47. The Bertz CT molecular complexity index is 775. The molecule has 2 atom stereocenters. The largest absolute Gasteiger partial charge is 0.372 e. The molecule has 0 fully saturated rings. The number of carbonyl (C=O) groups excluding carboxylic acids is 2. The van der Waals surface area contributed by atoms with Crippen molar-refractivity contribution in [2.45, 2.75) is 19.6 Å². The minimum absolute atomic E-state index is 0.273. The van der Waals surface area contributed by atoms with E-state index in [1.807, 2.05) is 30.3 Å². The zero-order chi connectivity index (χ0) is 18.4. The second-order valence-electron chi connectivity index (χ2n) is 5.34. The molecule has 0 aliphatic rings.